The highest BCUT2D eigenvalue weighted by molar-refractivity contribution is 6.46. The number of methoxy groups -OCH3 is 3. The van der Waals surface area contributed by atoms with E-state index in [1.807, 2.05) is 12.1 Å². The fourth-order valence-electron chi connectivity index (χ4n) is 4.11. The van der Waals surface area contributed by atoms with Crippen LogP contribution in [-0.2, 0) is 16.1 Å². The molecule has 7 nitrogen and oxygen atoms in total. The van der Waals surface area contributed by atoms with Crippen LogP contribution in [0.2, 0.25) is 5.02 Å². The summed E-state index contributed by atoms with van der Waals surface area (Å²) in [7, 11) is 4.52. The predicted molar refractivity (Wildman–Crippen MR) is 132 cm³/mol. The Morgan fingerprint density at radius 2 is 1.51 bits per heavy atom. The minimum absolute atomic E-state index is 0.0441. The van der Waals surface area contributed by atoms with Gasteiger partial charge >= 0.3 is 0 Å². The molecule has 1 aliphatic heterocycles. The molecule has 1 atom stereocenters. The number of aliphatic hydroxyl groups excluding tert-OH is 1. The number of hydrogen-bond acceptors (Lipinski definition) is 6. The largest absolute Gasteiger partial charge is 0.507 e. The highest BCUT2D eigenvalue weighted by Crippen LogP contribution is 2.42. The molecule has 35 heavy (non-hydrogen) atoms. The van der Waals surface area contributed by atoms with Crippen molar-refractivity contribution in [2.75, 3.05) is 21.3 Å². The molecule has 0 aromatic heterocycles. The number of aliphatic hydroxyl groups is 1. The summed E-state index contributed by atoms with van der Waals surface area (Å²) in [6, 6.07) is 18.0. The highest BCUT2D eigenvalue weighted by Gasteiger charge is 2.46. The topological polar surface area (TPSA) is 85.3 Å². The number of amides is 1. The van der Waals surface area contributed by atoms with Crippen molar-refractivity contribution in [1.82, 2.24) is 4.90 Å². The van der Waals surface area contributed by atoms with Crippen LogP contribution in [0, 0.1) is 0 Å². The average molecular weight is 494 g/mol. The molecule has 1 amide bonds. The first kappa shape index (κ1) is 24.2. The van der Waals surface area contributed by atoms with Gasteiger partial charge in [-0.15, -0.1) is 0 Å². The first-order valence-electron chi connectivity index (χ1n) is 10.8. The monoisotopic (exact) mass is 493 g/mol. The number of hydrogen-bond donors (Lipinski definition) is 1. The summed E-state index contributed by atoms with van der Waals surface area (Å²) in [6.07, 6.45) is 0. The smallest absolute Gasteiger partial charge is 0.295 e. The normalized spacial score (nSPS) is 16.9. The molecule has 3 aromatic rings. The molecular weight excluding hydrogens is 470 g/mol. The third kappa shape index (κ3) is 4.68. The van der Waals surface area contributed by atoms with Gasteiger partial charge in [0.05, 0.1) is 38.5 Å². The lowest BCUT2D eigenvalue weighted by Gasteiger charge is -2.25. The summed E-state index contributed by atoms with van der Waals surface area (Å²) in [5.74, 6) is -0.390. The van der Waals surface area contributed by atoms with E-state index in [1.54, 1.807) is 61.7 Å². The number of ether oxygens (including phenoxy) is 3. The van der Waals surface area contributed by atoms with Crippen molar-refractivity contribution < 1.29 is 28.9 Å². The molecule has 0 radical (unpaired) electrons. The molecule has 8 heteroatoms. The van der Waals surface area contributed by atoms with Gasteiger partial charge in [0, 0.05) is 11.6 Å². The van der Waals surface area contributed by atoms with Crippen molar-refractivity contribution in [2.24, 2.45) is 0 Å². The minimum atomic E-state index is -0.842. The summed E-state index contributed by atoms with van der Waals surface area (Å²) in [5, 5.41) is 11.9. The van der Waals surface area contributed by atoms with Crippen molar-refractivity contribution in [1.29, 1.82) is 0 Å². The van der Waals surface area contributed by atoms with Gasteiger partial charge < -0.3 is 24.2 Å². The van der Waals surface area contributed by atoms with Crippen LogP contribution in [0.1, 0.15) is 22.7 Å². The standard InChI is InChI=1S/C27H24ClNO6/c1-33-19-10-4-16(5-11-19)15-29-24(17-6-8-18(28)9-7-17)23(26(31)27(29)32)25(30)21-14-20(34-2)12-13-22(21)35-3/h4-14,24,30H,15H2,1-3H3/b25-23+. The van der Waals surface area contributed by atoms with Crippen LogP contribution in [0.3, 0.4) is 0 Å². The average Bonchev–Trinajstić information content (AvgIpc) is 3.13. The molecule has 1 unspecified atom stereocenters. The Kier molecular flexibility index (Phi) is 6.98. The number of nitrogens with zero attached hydrogens (tertiary/aromatic N) is 1. The van der Waals surface area contributed by atoms with Crippen molar-refractivity contribution in [3.8, 4) is 17.2 Å². The van der Waals surface area contributed by atoms with E-state index in [0.717, 1.165) is 5.56 Å². The molecule has 1 fully saturated rings. The van der Waals surface area contributed by atoms with Gasteiger partial charge in [0.2, 0.25) is 0 Å². The first-order valence-corrected chi connectivity index (χ1v) is 11.1. The molecule has 1 heterocycles. The Bertz CT molecular complexity index is 1280. The third-order valence-electron chi connectivity index (χ3n) is 5.90. The number of Topliss-reactive ketones (excluding diaryl/α,β-unsaturated/α-hetero) is 1. The van der Waals surface area contributed by atoms with E-state index in [-0.39, 0.29) is 23.4 Å². The lowest BCUT2D eigenvalue weighted by atomic mass is 9.94. The molecule has 1 aliphatic rings. The first-order chi connectivity index (χ1) is 16.9. The Morgan fingerprint density at radius 1 is 0.886 bits per heavy atom. The Labute approximate surface area is 208 Å². The maximum atomic E-state index is 13.3. The van der Waals surface area contributed by atoms with E-state index >= 15 is 0 Å². The van der Waals surface area contributed by atoms with E-state index in [2.05, 4.69) is 0 Å². The van der Waals surface area contributed by atoms with E-state index in [9.17, 15) is 14.7 Å². The molecule has 0 bridgehead atoms. The van der Waals surface area contributed by atoms with E-state index < -0.39 is 17.7 Å². The summed E-state index contributed by atoms with van der Waals surface area (Å²) in [5.41, 5.74) is 1.63. The molecule has 180 valence electrons. The SMILES string of the molecule is COc1ccc(CN2C(=O)C(=O)/C(=C(/O)c3cc(OC)ccc3OC)C2c2ccc(Cl)cc2)cc1. The number of likely N-dealkylation sites (tertiary alicyclic amines) is 1. The van der Waals surface area contributed by atoms with Crippen molar-refractivity contribution in [2.45, 2.75) is 12.6 Å². The number of benzene rings is 3. The summed E-state index contributed by atoms with van der Waals surface area (Å²) in [4.78, 5) is 28.0. The molecule has 0 spiro atoms. The van der Waals surface area contributed by atoms with Crippen LogP contribution in [-0.4, -0.2) is 43.0 Å². The predicted octanol–water partition coefficient (Wildman–Crippen LogP) is 4.99. The van der Waals surface area contributed by atoms with Crippen molar-refractivity contribution in [3.05, 3.63) is 94.0 Å². The van der Waals surface area contributed by atoms with Crippen LogP contribution < -0.4 is 14.2 Å². The van der Waals surface area contributed by atoms with Crippen molar-refractivity contribution >= 4 is 29.1 Å². The lowest BCUT2D eigenvalue weighted by molar-refractivity contribution is -0.140. The van der Waals surface area contributed by atoms with E-state index in [1.165, 1.54) is 19.1 Å². The molecular formula is C27H24ClNO6. The molecule has 1 saturated heterocycles. The third-order valence-corrected chi connectivity index (χ3v) is 6.15. The van der Waals surface area contributed by atoms with Crippen LogP contribution in [0.15, 0.2) is 72.3 Å². The summed E-state index contributed by atoms with van der Waals surface area (Å²) < 4.78 is 15.9. The number of halogens is 1. The van der Waals surface area contributed by atoms with Crippen LogP contribution in [0.25, 0.3) is 5.76 Å². The number of ketones is 1. The second kappa shape index (κ2) is 10.1. The Balaban J connectivity index is 1.87. The number of carbonyl (C=O) groups is 2. The zero-order chi connectivity index (χ0) is 25.1. The zero-order valence-electron chi connectivity index (χ0n) is 19.4. The van der Waals surface area contributed by atoms with Gasteiger partial charge in [-0.2, -0.15) is 0 Å². The van der Waals surface area contributed by atoms with Gasteiger partial charge in [-0.05, 0) is 53.6 Å². The number of rotatable bonds is 7. The Morgan fingerprint density at radius 3 is 2.11 bits per heavy atom. The molecule has 1 N–H and O–H groups in total. The molecule has 0 aliphatic carbocycles. The highest BCUT2D eigenvalue weighted by atomic mass is 35.5. The molecule has 0 saturated carbocycles. The maximum Gasteiger partial charge on any atom is 0.295 e. The zero-order valence-corrected chi connectivity index (χ0v) is 20.2. The van der Waals surface area contributed by atoms with Crippen LogP contribution >= 0.6 is 11.6 Å². The molecule has 4 rings (SSSR count). The number of carbonyl (C=O) groups excluding carboxylic acids is 2. The second-order valence-electron chi connectivity index (χ2n) is 7.89. The fraction of sp³-hybridized carbons (Fsp3) is 0.185. The van der Waals surface area contributed by atoms with E-state index in [0.29, 0.717) is 27.8 Å². The fourth-order valence-corrected chi connectivity index (χ4v) is 4.23. The lowest BCUT2D eigenvalue weighted by Crippen LogP contribution is -2.29. The van der Waals surface area contributed by atoms with Crippen LogP contribution in [0.5, 0.6) is 17.2 Å². The van der Waals surface area contributed by atoms with E-state index in [4.69, 9.17) is 25.8 Å². The minimum Gasteiger partial charge on any atom is -0.507 e. The van der Waals surface area contributed by atoms with Gasteiger partial charge in [-0.1, -0.05) is 35.9 Å². The maximum absolute atomic E-state index is 13.3. The van der Waals surface area contributed by atoms with Gasteiger partial charge in [0.15, 0.2) is 0 Å². The van der Waals surface area contributed by atoms with Gasteiger partial charge in [-0.3, -0.25) is 9.59 Å². The van der Waals surface area contributed by atoms with Crippen LogP contribution in [0.4, 0.5) is 0 Å². The Hall–Kier alpha value is -3.97. The summed E-state index contributed by atoms with van der Waals surface area (Å²) >= 11 is 6.09. The molecule has 3 aromatic carbocycles. The van der Waals surface area contributed by atoms with Gasteiger partial charge in [0.25, 0.3) is 11.7 Å². The van der Waals surface area contributed by atoms with Gasteiger partial charge in [-0.25, -0.2) is 0 Å². The van der Waals surface area contributed by atoms with Crippen molar-refractivity contribution in [3.63, 3.8) is 0 Å². The quantitative estimate of drug-likeness (QED) is 0.283. The second-order valence-corrected chi connectivity index (χ2v) is 8.33. The van der Waals surface area contributed by atoms with Gasteiger partial charge in [0.1, 0.15) is 23.0 Å². The summed E-state index contributed by atoms with van der Waals surface area (Å²) in [6.45, 7) is 0.147.